The van der Waals surface area contributed by atoms with Gasteiger partial charge in [-0.2, -0.15) is 0 Å². The van der Waals surface area contributed by atoms with E-state index in [1.54, 1.807) is 7.11 Å². The average Bonchev–Trinajstić information content (AvgIpc) is 2.53. The van der Waals surface area contributed by atoms with Gasteiger partial charge in [0.15, 0.2) is 5.11 Å². The lowest BCUT2D eigenvalue weighted by Gasteiger charge is -2.18. The van der Waals surface area contributed by atoms with Gasteiger partial charge in [-0.1, -0.05) is 12.1 Å². The van der Waals surface area contributed by atoms with Crippen LogP contribution in [0.5, 0.6) is 11.5 Å². The van der Waals surface area contributed by atoms with E-state index in [-0.39, 0.29) is 6.04 Å². The first-order valence-corrected chi connectivity index (χ1v) is 7.88. The normalized spacial score (nSPS) is 11.4. The lowest BCUT2D eigenvalue weighted by Crippen LogP contribution is -2.39. The second-order valence-corrected chi connectivity index (χ2v) is 5.76. The first-order valence-electron chi connectivity index (χ1n) is 7.48. The highest BCUT2D eigenvalue weighted by atomic mass is 32.1. The van der Waals surface area contributed by atoms with Gasteiger partial charge in [0.1, 0.15) is 18.1 Å². The highest BCUT2D eigenvalue weighted by molar-refractivity contribution is 7.80. The van der Waals surface area contributed by atoms with Crippen molar-refractivity contribution in [1.29, 1.82) is 0 Å². The van der Waals surface area contributed by atoms with E-state index in [1.165, 1.54) is 5.56 Å². The Hall–Kier alpha value is -2.27. The minimum Gasteiger partial charge on any atom is -0.497 e. The maximum absolute atomic E-state index is 5.73. The third-order valence-electron chi connectivity index (χ3n) is 3.21. The summed E-state index contributed by atoms with van der Waals surface area (Å²) in [5.74, 6) is 1.61. The van der Waals surface area contributed by atoms with Crippen LogP contribution in [-0.2, 0) is 0 Å². The molecule has 0 saturated heterocycles. The summed E-state index contributed by atoms with van der Waals surface area (Å²) in [6, 6.07) is 15.7. The second kappa shape index (κ2) is 8.39. The standard InChI is InChI=1S/C18H22N2O2S/c1-13-5-4-6-15(11-13)20-18(23)19-14(2)12-22-17-9-7-16(21-3)8-10-17/h4-11,14H,12H2,1-3H3,(H2,19,20,23)/t14-/m0/s1. The molecule has 122 valence electrons. The van der Waals surface area contributed by atoms with Crippen LogP contribution in [0.15, 0.2) is 48.5 Å². The van der Waals surface area contributed by atoms with Crippen molar-refractivity contribution < 1.29 is 9.47 Å². The highest BCUT2D eigenvalue weighted by Gasteiger charge is 2.06. The fourth-order valence-corrected chi connectivity index (χ4v) is 2.37. The molecule has 0 aliphatic heterocycles. The molecule has 4 nitrogen and oxygen atoms in total. The monoisotopic (exact) mass is 330 g/mol. The number of ether oxygens (including phenoxy) is 2. The summed E-state index contributed by atoms with van der Waals surface area (Å²) in [4.78, 5) is 0. The summed E-state index contributed by atoms with van der Waals surface area (Å²) in [6.45, 7) is 4.59. The number of nitrogens with one attached hydrogen (secondary N) is 2. The predicted octanol–water partition coefficient (Wildman–Crippen LogP) is 3.76. The Bertz CT molecular complexity index is 644. The molecule has 0 aromatic heterocycles. The van der Waals surface area contributed by atoms with Crippen molar-refractivity contribution in [2.45, 2.75) is 19.9 Å². The van der Waals surface area contributed by atoms with Crippen molar-refractivity contribution in [2.75, 3.05) is 19.0 Å². The van der Waals surface area contributed by atoms with Crippen LogP contribution in [0.4, 0.5) is 5.69 Å². The SMILES string of the molecule is COc1ccc(OC[C@H](C)NC(=S)Nc2cccc(C)c2)cc1. The molecule has 23 heavy (non-hydrogen) atoms. The fraction of sp³-hybridized carbons (Fsp3) is 0.278. The quantitative estimate of drug-likeness (QED) is 0.790. The first kappa shape index (κ1) is 17.1. The Labute approximate surface area is 142 Å². The van der Waals surface area contributed by atoms with Gasteiger partial charge in [-0.05, 0) is 68.0 Å². The number of hydrogen-bond acceptors (Lipinski definition) is 3. The van der Waals surface area contributed by atoms with E-state index in [9.17, 15) is 0 Å². The molecule has 0 fully saturated rings. The van der Waals surface area contributed by atoms with E-state index >= 15 is 0 Å². The average molecular weight is 330 g/mol. The Morgan fingerprint density at radius 1 is 1.13 bits per heavy atom. The molecule has 0 amide bonds. The minimum atomic E-state index is 0.0851. The van der Waals surface area contributed by atoms with Crippen LogP contribution in [0.25, 0.3) is 0 Å². The van der Waals surface area contributed by atoms with Crippen molar-refractivity contribution >= 4 is 23.0 Å². The van der Waals surface area contributed by atoms with E-state index in [0.717, 1.165) is 17.2 Å². The zero-order valence-electron chi connectivity index (χ0n) is 13.6. The van der Waals surface area contributed by atoms with E-state index in [4.69, 9.17) is 21.7 Å². The Morgan fingerprint density at radius 2 is 1.83 bits per heavy atom. The topological polar surface area (TPSA) is 42.5 Å². The summed E-state index contributed by atoms with van der Waals surface area (Å²) in [7, 11) is 1.64. The maximum atomic E-state index is 5.73. The molecule has 5 heteroatoms. The molecule has 2 N–H and O–H groups in total. The molecular formula is C18H22N2O2S. The van der Waals surface area contributed by atoms with Crippen molar-refractivity contribution in [3.8, 4) is 11.5 Å². The highest BCUT2D eigenvalue weighted by Crippen LogP contribution is 2.17. The third-order valence-corrected chi connectivity index (χ3v) is 3.43. The van der Waals surface area contributed by atoms with Crippen LogP contribution < -0.4 is 20.1 Å². The molecule has 0 bridgehead atoms. The van der Waals surface area contributed by atoms with Gasteiger partial charge < -0.3 is 20.1 Å². The number of aryl methyl sites for hydroxylation is 1. The molecule has 0 aliphatic carbocycles. The molecule has 0 saturated carbocycles. The van der Waals surface area contributed by atoms with Crippen LogP contribution >= 0.6 is 12.2 Å². The second-order valence-electron chi connectivity index (χ2n) is 5.36. The molecule has 0 spiro atoms. The predicted molar refractivity (Wildman–Crippen MR) is 98.5 cm³/mol. The van der Waals surface area contributed by atoms with Crippen LogP contribution in [0, 0.1) is 6.92 Å². The van der Waals surface area contributed by atoms with Crippen molar-refractivity contribution in [1.82, 2.24) is 5.32 Å². The Morgan fingerprint density at radius 3 is 2.48 bits per heavy atom. The summed E-state index contributed by atoms with van der Waals surface area (Å²) < 4.78 is 10.9. The number of anilines is 1. The lowest BCUT2D eigenvalue weighted by molar-refractivity contribution is 0.286. The van der Waals surface area contributed by atoms with Crippen LogP contribution in [0.1, 0.15) is 12.5 Å². The van der Waals surface area contributed by atoms with Gasteiger partial charge in [0, 0.05) is 5.69 Å². The van der Waals surface area contributed by atoms with E-state index in [0.29, 0.717) is 11.7 Å². The molecule has 2 aromatic carbocycles. The molecular weight excluding hydrogens is 308 g/mol. The molecule has 2 rings (SSSR count). The summed E-state index contributed by atoms with van der Waals surface area (Å²) in [6.07, 6.45) is 0. The van der Waals surface area contributed by atoms with Gasteiger partial charge >= 0.3 is 0 Å². The van der Waals surface area contributed by atoms with Gasteiger partial charge in [0.05, 0.1) is 13.2 Å². The molecule has 0 unspecified atom stereocenters. The lowest BCUT2D eigenvalue weighted by atomic mass is 10.2. The zero-order chi connectivity index (χ0) is 16.7. The van der Waals surface area contributed by atoms with Crippen LogP contribution in [0.3, 0.4) is 0 Å². The molecule has 0 aliphatic rings. The van der Waals surface area contributed by atoms with Gasteiger partial charge in [-0.15, -0.1) is 0 Å². The molecule has 0 radical (unpaired) electrons. The number of hydrogen-bond donors (Lipinski definition) is 2. The Kier molecular flexibility index (Phi) is 6.23. The summed E-state index contributed by atoms with van der Waals surface area (Å²) in [5, 5.41) is 6.97. The first-order chi connectivity index (χ1) is 11.1. The van der Waals surface area contributed by atoms with Crippen molar-refractivity contribution in [3.05, 3.63) is 54.1 Å². The largest absolute Gasteiger partial charge is 0.497 e. The molecule has 0 heterocycles. The number of rotatable bonds is 6. The minimum absolute atomic E-state index is 0.0851. The van der Waals surface area contributed by atoms with Crippen molar-refractivity contribution in [3.63, 3.8) is 0 Å². The number of benzene rings is 2. The van der Waals surface area contributed by atoms with Crippen molar-refractivity contribution in [2.24, 2.45) is 0 Å². The smallest absolute Gasteiger partial charge is 0.171 e. The van der Waals surface area contributed by atoms with Gasteiger partial charge in [0.25, 0.3) is 0 Å². The molecule has 2 aromatic rings. The zero-order valence-corrected chi connectivity index (χ0v) is 14.4. The van der Waals surface area contributed by atoms with Crippen LogP contribution in [-0.4, -0.2) is 24.9 Å². The van der Waals surface area contributed by atoms with E-state index in [1.807, 2.05) is 62.4 Å². The maximum Gasteiger partial charge on any atom is 0.171 e. The fourth-order valence-electron chi connectivity index (χ4n) is 2.05. The summed E-state index contributed by atoms with van der Waals surface area (Å²) >= 11 is 5.32. The van der Waals surface area contributed by atoms with Crippen LogP contribution in [0.2, 0.25) is 0 Å². The molecule has 1 atom stereocenters. The van der Waals surface area contributed by atoms with E-state index in [2.05, 4.69) is 10.6 Å². The number of methoxy groups -OCH3 is 1. The third kappa shape index (κ3) is 5.79. The van der Waals surface area contributed by atoms with Gasteiger partial charge in [0.2, 0.25) is 0 Å². The number of thiocarbonyl (C=S) groups is 1. The summed E-state index contributed by atoms with van der Waals surface area (Å²) in [5.41, 5.74) is 2.17. The van der Waals surface area contributed by atoms with Gasteiger partial charge in [-0.3, -0.25) is 0 Å². The Balaban J connectivity index is 1.77. The van der Waals surface area contributed by atoms with Gasteiger partial charge in [-0.25, -0.2) is 0 Å². The van der Waals surface area contributed by atoms with E-state index < -0.39 is 0 Å².